The van der Waals surface area contributed by atoms with E-state index in [0.717, 1.165) is 60.6 Å². The van der Waals surface area contributed by atoms with Crippen molar-refractivity contribution in [1.29, 1.82) is 0 Å². The molecule has 204 valence electrons. The van der Waals surface area contributed by atoms with Crippen LogP contribution in [0.5, 0.6) is 0 Å². The van der Waals surface area contributed by atoms with Crippen molar-refractivity contribution in [3.8, 4) is 0 Å². The van der Waals surface area contributed by atoms with E-state index >= 15 is 0 Å². The van der Waals surface area contributed by atoms with Gasteiger partial charge >= 0.3 is 12.1 Å². The van der Waals surface area contributed by atoms with E-state index in [0.29, 0.717) is 36.5 Å². The quantitative estimate of drug-likeness (QED) is 0.473. The van der Waals surface area contributed by atoms with Gasteiger partial charge < -0.3 is 14.7 Å². The topological polar surface area (TPSA) is 69.1 Å². The molecule has 11 heteroatoms. The van der Waals surface area contributed by atoms with Crippen LogP contribution in [0.15, 0.2) is 36.4 Å². The van der Waals surface area contributed by atoms with E-state index in [1.807, 2.05) is 19.1 Å². The Morgan fingerprint density at radius 2 is 1.84 bits per heavy atom. The largest absolute Gasteiger partial charge is 0.481 e. The first-order chi connectivity index (χ1) is 18.1. The van der Waals surface area contributed by atoms with Crippen LogP contribution >= 0.6 is 11.3 Å². The van der Waals surface area contributed by atoms with Gasteiger partial charge in [-0.1, -0.05) is 35.1 Å². The lowest BCUT2D eigenvalue weighted by Crippen LogP contribution is -2.58. The van der Waals surface area contributed by atoms with Crippen LogP contribution in [0.2, 0.25) is 0 Å². The van der Waals surface area contributed by atoms with E-state index in [1.54, 1.807) is 0 Å². The summed E-state index contributed by atoms with van der Waals surface area (Å²) in [7, 11) is 0. The number of aromatic nitrogens is 1. The molecule has 7 nitrogen and oxygen atoms in total. The number of aliphatic carboxylic acids is 1. The number of alkyl halides is 3. The smallest absolute Gasteiger partial charge is 0.416 e. The summed E-state index contributed by atoms with van der Waals surface area (Å²) in [4.78, 5) is 22.9. The van der Waals surface area contributed by atoms with Crippen molar-refractivity contribution in [2.45, 2.75) is 32.1 Å². The number of thiazole rings is 1. The highest BCUT2D eigenvalue weighted by atomic mass is 32.1. The van der Waals surface area contributed by atoms with Crippen molar-refractivity contribution in [3.63, 3.8) is 0 Å². The molecule has 3 heterocycles. The van der Waals surface area contributed by atoms with Gasteiger partial charge in [-0.25, -0.2) is 4.98 Å². The molecule has 2 saturated heterocycles. The Balaban J connectivity index is 1.37. The van der Waals surface area contributed by atoms with Gasteiger partial charge in [0.25, 0.3) is 0 Å². The number of nitrogens with zero attached hydrogens (tertiary/aromatic N) is 4. The molecule has 3 aromatic rings. The molecule has 2 aliphatic rings. The lowest BCUT2D eigenvalue weighted by molar-refractivity contribution is -0.138. The van der Waals surface area contributed by atoms with E-state index in [4.69, 9.17) is 9.72 Å². The molecule has 0 amide bonds. The maximum atomic E-state index is 13.3. The molecular formula is C27H31F3N4O3S. The Morgan fingerprint density at radius 1 is 1.08 bits per heavy atom. The predicted octanol–water partition coefficient (Wildman–Crippen LogP) is 4.27. The lowest BCUT2D eigenvalue weighted by atomic mass is 10.0. The number of anilines is 1. The van der Waals surface area contributed by atoms with Crippen molar-refractivity contribution in [3.05, 3.63) is 58.7 Å². The maximum Gasteiger partial charge on any atom is 0.416 e. The summed E-state index contributed by atoms with van der Waals surface area (Å²) in [5.74, 6) is -0.848. The number of aryl methyl sites for hydroxylation is 1. The first-order valence-corrected chi connectivity index (χ1v) is 13.5. The molecule has 2 fully saturated rings. The van der Waals surface area contributed by atoms with E-state index in [1.165, 1.54) is 23.5 Å². The van der Waals surface area contributed by atoms with Crippen molar-refractivity contribution in [1.82, 2.24) is 14.8 Å². The molecule has 0 spiro atoms. The monoisotopic (exact) mass is 548 g/mol. The molecule has 0 radical (unpaired) electrons. The van der Waals surface area contributed by atoms with Crippen LogP contribution in [0, 0.1) is 6.92 Å². The molecule has 5 rings (SSSR count). The summed E-state index contributed by atoms with van der Waals surface area (Å²) in [5.41, 5.74) is 2.84. The van der Waals surface area contributed by atoms with Gasteiger partial charge in [-0.2, -0.15) is 13.2 Å². The zero-order valence-electron chi connectivity index (χ0n) is 21.2. The number of hydrogen-bond acceptors (Lipinski definition) is 7. The molecule has 0 saturated carbocycles. The number of carboxylic acid groups (broad SMARTS) is 1. The van der Waals surface area contributed by atoms with Crippen molar-refractivity contribution in [2.75, 3.05) is 57.4 Å². The summed E-state index contributed by atoms with van der Waals surface area (Å²) < 4.78 is 45.8. The minimum absolute atomic E-state index is 0.00419. The number of hydrogen-bond donors (Lipinski definition) is 1. The highest BCUT2D eigenvalue weighted by molar-refractivity contribution is 7.22. The normalized spacial score (nSPS) is 19.8. The lowest BCUT2D eigenvalue weighted by Gasteiger charge is -2.44. The second kappa shape index (κ2) is 11.2. The molecular weight excluding hydrogens is 517 g/mol. The molecule has 0 aliphatic carbocycles. The van der Waals surface area contributed by atoms with Gasteiger partial charge in [-0.15, -0.1) is 0 Å². The predicted molar refractivity (Wildman–Crippen MR) is 141 cm³/mol. The molecule has 2 aliphatic heterocycles. The van der Waals surface area contributed by atoms with Gasteiger partial charge in [0.15, 0.2) is 5.13 Å². The van der Waals surface area contributed by atoms with Gasteiger partial charge in [-0.3, -0.25) is 14.6 Å². The molecule has 38 heavy (non-hydrogen) atoms. The van der Waals surface area contributed by atoms with Gasteiger partial charge in [0.2, 0.25) is 0 Å². The Hall–Kier alpha value is -2.73. The van der Waals surface area contributed by atoms with Gasteiger partial charge in [0.05, 0.1) is 41.5 Å². The second-order valence-electron chi connectivity index (χ2n) is 10.1. The molecule has 1 aromatic heterocycles. The standard InChI is InChI=1S/C27H31F3N4O3S/c1-18-10-19(13-25(35)36)12-20(11-18)15-33-4-5-34(22(17-33)16-32-6-8-37-9-7-32)26-31-23-3-2-21(27(28,29)30)14-24(23)38-26/h2-3,10-12,14,22H,4-9,13,15-17H2,1H3,(H,35,36)/t22-/m1/s1. The molecule has 1 atom stereocenters. The van der Waals surface area contributed by atoms with Crippen molar-refractivity contribution in [2.24, 2.45) is 0 Å². The first-order valence-electron chi connectivity index (χ1n) is 12.7. The summed E-state index contributed by atoms with van der Waals surface area (Å²) in [6.07, 6.45) is -4.39. The number of halogens is 3. The number of morpholine rings is 1. The van der Waals surface area contributed by atoms with Crippen LogP contribution < -0.4 is 4.90 Å². The van der Waals surface area contributed by atoms with Gasteiger partial charge in [0, 0.05) is 45.8 Å². The van der Waals surface area contributed by atoms with E-state index < -0.39 is 17.7 Å². The van der Waals surface area contributed by atoms with Crippen LogP contribution in [0.1, 0.15) is 22.3 Å². The van der Waals surface area contributed by atoms with E-state index in [2.05, 4.69) is 20.8 Å². The van der Waals surface area contributed by atoms with Gasteiger partial charge in [-0.05, 0) is 36.2 Å². The fourth-order valence-corrected chi connectivity index (χ4v) is 6.44. The molecule has 0 bridgehead atoms. The van der Waals surface area contributed by atoms with Crippen LogP contribution in [0.25, 0.3) is 10.2 Å². The summed E-state index contributed by atoms with van der Waals surface area (Å²) in [5, 5.41) is 9.96. The Kier molecular flexibility index (Phi) is 7.90. The highest BCUT2D eigenvalue weighted by Crippen LogP contribution is 2.36. The third-order valence-electron chi connectivity index (χ3n) is 7.05. The average Bonchev–Trinajstić information content (AvgIpc) is 3.27. The SMILES string of the molecule is Cc1cc(CC(=O)O)cc(CN2CCN(c3nc4ccc(C(F)(F)F)cc4s3)[C@H](CN3CCOCC3)C2)c1. The Morgan fingerprint density at radius 3 is 2.58 bits per heavy atom. The number of carbonyl (C=O) groups is 1. The fraction of sp³-hybridized carbons (Fsp3) is 0.481. The number of carboxylic acids is 1. The van der Waals surface area contributed by atoms with Crippen molar-refractivity contribution >= 4 is 32.7 Å². The van der Waals surface area contributed by atoms with Gasteiger partial charge in [0.1, 0.15) is 0 Å². The third-order valence-corrected chi connectivity index (χ3v) is 8.10. The van der Waals surface area contributed by atoms with Crippen LogP contribution in [0.3, 0.4) is 0 Å². The number of benzene rings is 2. The Bertz CT molecular complexity index is 1290. The molecule has 0 unspecified atom stereocenters. The van der Waals surface area contributed by atoms with Crippen LogP contribution in [-0.2, 0) is 28.7 Å². The fourth-order valence-electron chi connectivity index (χ4n) is 5.34. The van der Waals surface area contributed by atoms with Crippen molar-refractivity contribution < 1.29 is 27.8 Å². The minimum Gasteiger partial charge on any atom is -0.481 e. The summed E-state index contributed by atoms with van der Waals surface area (Å²) in [6.45, 7) is 8.79. The first kappa shape index (κ1) is 26.9. The third kappa shape index (κ3) is 6.45. The molecule has 2 aromatic carbocycles. The maximum absolute atomic E-state index is 13.3. The second-order valence-corrected chi connectivity index (χ2v) is 11.1. The number of piperazine rings is 1. The zero-order valence-corrected chi connectivity index (χ0v) is 22.0. The number of rotatable bonds is 7. The molecule has 1 N–H and O–H groups in total. The average molecular weight is 549 g/mol. The summed E-state index contributed by atoms with van der Waals surface area (Å²) in [6, 6.07) is 9.82. The number of ether oxygens (including phenoxy) is 1. The summed E-state index contributed by atoms with van der Waals surface area (Å²) >= 11 is 1.31. The Labute approximate surface area is 223 Å². The zero-order chi connectivity index (χ0) is 26.9. The minimum atomic E-state index is -4.39. The van der Waals surface area contributed by atoms with Crippen LogP contribution in [0.4, 0.5) is 18.3 Å². The highest BCUT2D eigenvalue weighted by Gasteiger charge is 2.33. The van der Waals surface area contributed by atoms with E-state index in [-0.39, 0.29) is 12.5 Å². The van der Waals surface area contributed by atoms with E-state index in [9.17, 15) is 23.1 Å². The number of fused-ring (bicyclic) bond motifs is 1. The van der Waals surface area contributed by atoms with Crippen LogP contribution in [-0.4, -0.2) is 84.4 Å².